The molecule has 0 spiro atoms. The van der Waals surface area contributed by atoms with Crippen LogP contribution in [0.2, 0.25) is 0 Å². The van der Waals surface area contributed by atoms with Crippen molar-refractivity contribution in [2.75, 3.05) is 0 Å². The van der Waals surface area contributed by atoms with E-state index in [1.54, 1.807) is 17.9 Å². The van der Waals surface area contributed by atoms with Crippen LogP contribution in [-0.2, 0) is 20.6 Å². The number of rotatable bonds is 4. The highest BCUT2D eigenvalue weighted by molar-refractivity contribution is 5.75. The third-order valence-electron chi connectivity index (χ3n) is 3.31. The van der Waals surface area contributed by atoms with E-state index in [0.717, 1.165) is 4.57 Å². The summed E-state index contributed by atoms with van der Waals surface area (Å²) in [5, 5.41) is 0. The molecule has 2 heterocycles. The number of imidazole rings is 1. The molecule has 0 aliphatic rings. The smallest absolute Gasteiger partial charge is 0.324 e. The lowest BCUT2D eigenvalue weighted by atomic mass is 10.3. The van der Waals surface area contributed by atoms with E-state index < -0.39 is 0 Å². The van der Waals surface area contributed by atoms with Gasteiger partial charge in [-0.05, 0) is 13.8 Å². The first-order valence-corrected chi connectivity index (χ1v) is 6.81. The molecule has 0 atom stereocenters. The number of hydrogen-bond acceptors (Lipinski definition) is 3. The van der Waals surface area contributed by atoms with Gasteiger partial charge < -0.3 is 4.57 Å². The zero-order chi connectivity index (χ0) is 15.7. The quantitative estimate of drug-likeness (QED) is 0.487. The Morgan fingerprint density at radius 1 is 1.33 bits per heavy atom. The molecule has 21 heavy (non-hydrogen) atoms. The number of nitrogens with two attached hydrogens (primary N) is 1. The van der Waals surface area contributed by atoms with Crippen molar-refractivity contribution in [1.82, 2.24) is 18.7 Å². The van der Waals surface area contributed by atoms with Crippen LogP contribution in [0.15, 0.2) is 15.9 Å². The van der Waals surface area contributed by atoms with Crippen molar-refractivity contribution < 1.29 is 4.99 Å². The minimum absolute atomic E-state index is 0.262. The van der Waals surface area contributed by atoms with Crippen LogP contribution in [0, 0.1) is 0 Å². The molecule has 3 N–H and O–H groups in total. The molecule has 8 heteroatoms. The van der Waals surface area contributed by atoms with Crippen molar-refractivity contribution >= 4 is 17.0 Å². The summed E-state index contributed by atoms with van der Waals surface area (Å²) >= 11 is 0. The predicted molar refractivity (Wildman–Crippen MR) is 80.1 cm³/mol. The van der Waals surface area contributed by atoms with Crippen LogP contribution in [0.1, 0.15) is 20.3 Å². The number of aryl methyl sites for hydroxylation is 2. The first-order valence-electron chi connectivity index (χ1n) is 6.81. The second-order valence-corrected chi connectivity index (χ2v) is 5.39. The molecule has 0 saturated carbocycles. The number of nitrogens with one attached hydrogen (secondary N) is 1. The van der Waals surface area contributed by atoms with Crippen LogP contribution in [0.5, 0.6) is 0 Å². The molecule has 2 aromatic heterocycles. The molecule has 2 aromatic rings. The van der Waals surface area contributed by atoms with Gasteiger partial charge in [-0.25, -0.2) is 9.78 Å². The number of amidine groups is 1. The fraction of sp³-hybridized carbons (Fsp3) is 0.538. The van der Waals surface area contributed by atoms with Crippen molar-refractivity contribution in [2.45, 2.75) is 32.9 Å². The molecule has 0 aliphatic heterocycles. The zero-order valence-corrected chi connectivity index (χ0v) is 12.8. The van der Waals surface area contributed by atoms with Gasteiger partial charge in [-0.2, -0.15) is 0 Å². The lowest BCUT2D eigenvalue weighted by Gasteiger charge is -2.05. The zero-order valence-electron chi connectivity index (χ0n) is 12.8. The Labute approximate surface area is 121 Å². The van der Waals surface area contributed by atoms with E-state index in [-0.39, 0.29) is 17.3 Å². The number of aromatic nitrogens is 4. The van der Waals surface area contributed by atoms with Gasteiger partial charge in [-0.1, -0.05) is 0 Å². The van der Waals surface area contributed by atoms with E-state index in [9.17, 15) is 9.59 Å². The maximum Gasteiger partial charge on any atom is 0.332 e. The van der Waals surface area contributed by atoms with Crippen molar-refractivity contribution in [3.8, 4) is 0 Å². The maximum atomic E-state index is 12.2. The third kappa shape index (κ3) is 2.74. The molecular formula is C13H21N6O2+. The topological polar surface area (TPSA) is 102 Å². The van der Waals surface area contributed by atoms with E-state index in [1.807, 2.05) is 13.8 Å². The highest BCUT2D eigenvalue weighted by Crippen LogP contribution is 2.05. The third-order valence-corrected chi connectivity index (χ3v) is 3.31. The van der Waals surface area contributed by atoms with Crippen LogP contribution in [0.25, 0.3) is 11.2 Å². The summed E-state index contributed by atoms with van der Waals surface area (Å²) in [7, 11) is 3.06. The summed E-state index contributed by atoms with van der Waals surface area (Å²) in [5.74, 6) is 0.661. The van der Waals surface area contributed by atoms with Crippen molar-refractivity contribution in [2.24, 2.45) is 19.8 Å². The summed E-state index contributed by atoms with van der Waals surface area (Å²) in [5.41, 5.74) is 5.96. The average molecular weight is 293 g/mol. The predicted octanol–water partition coefficient (Wildman–Crippen LogP) is -2.33. The van der Waals surface area contributed by atoms with Crippen LogP contribution >= 0.6 is 0 Å². The van der Waals surface area contributed by atoms with E-state index in [2.05, 4.69) is 9.98 Å². The molecule has 0 aliphatic carbocycles. The Balaban J connectivity index is 2.44. The highest BCUT2D eigenvalue weighted by atomic mass is 16.2. The van der Waals surface area contributed by atoms with E-state index in [4.69, 9.17) is 5.73 Å². The van der Waals surface area contributed by atoms with Crippen LogP contribution in [0.3, 0.4) is 0 Å². The van der Waals surface area contributed by atoms with Gasteiger partial charge in [0.25, 0.3) is 5.56 Å². The van der Waals surface area contributed by atoms with Gasteiger partial charge in [0.15, 0.2) is 11.2 Å². The number of hydrogen-bond donors (Lipinski definition) is 2. The second-order valence-electron chi connectivity index (χ2n) is 5.39. The molecular weight excluding hydrogens is 272 g/mol. The van der Waals surface area contributed by atoms with Gasteiger partial charge in [-0.3, -0.25) is 24.7 Å². The molecule has 0 amide bonds. The maximum absolute atomic E-state index is 12.2. The highest BCUT2D eigenvalue weighted by Gasteiger charge is 2.14. The summed E-state index contributed by atoms with van der Waals surface area (Å²) in [6, 6.07) is 0.262. The van der Waals surface area contributed by atoms with E-state index >= 15 is 0 Å². The SMILES string of the molecule is CC(C)[NH+]=C(N)CCn1cnc2c1c(=O)n(C)c(=O)n2C. The van der Waals surface area contributed by atoms with Gasteiger partial charge in [0, 0.05) is 20.6 Å². The van der Waals surface area contributed by atoms with E-state index in [0.29, 0.717) is 30.0 Å². The average Bonchev–Trinajstić information content (AvgIpc) is 2.83. The Hall–Kier alpha value is -2.38. The summed E-state index contributed by atoms with van der Waals surface area (Å²) < 4.78 is 4.18. The van der Waals surface area contributed by atoms with Gasteiger partial charge in [0.2, 0.25) is 5.84 Å². The van der Waals surface area contributed by atoms with Gasteiger partial charge in [0.1, 0.15) is 0 Å². The lowest BCUT2D eigenvalue weighted by molar-refractivity contribution is -0.495. The Morgan fingerprint density at radius 2 is 2.00 bits per heavy atom. The van der Waals surface area contributed by atoms with Gasteiger partial charge in [0.05, 0.1) is 18.8 Å². The van der Waals surface area contributed by atoms with Crippen LogP contribution in [-0.4, -0.2) is 30.6 Å². The summed E-state index contributed by atoms with van der Waals surface area (Å²) in [4.78, 5) is 31.4. The number of fused-ring (bicyclic) bond motifs is 1. The fourth-order valence-corrected chi connectivity index (χ4v) is 2.25. The molecule has 114 valence electrons. The largest absolute Gasteiger partial charge is 0.332 e. The van der Waals surface area contributed by atoms with Crippen LogP contribution < -0.4 is 22.0 Å². The van der Waals surface area contributed by atoms with Crippen molar-refractivity contribution in [1.29, 1.82) is 0 Å². The molecule has 0 saturated heterocycles. The lowest BCUT2D eigenvalue weighted by Crippen LogP contribution is -2.79. The minimum Gasteiger partial charge on any atom is -0.324 e. The molecule has 8 nitrogen and oxygen atoms in total. The van der Waals surface area contributed by atoms with Gasteiger partial charge >= 0.3 is 5.69 Å². The summed E-state index contributed by atoms with van der Waals surface area (Å²) in [6.07, 6.45) is 2.14. The van der Waals surface area contributed by atoms with Crippen molar-refractivity contribution in [3.63, 3.8) is 0 Å². The van der Waals surface area contributed by atoms with Crippen molar-refractivity contribution in [3.05, 3.63) is 27.2 Å². The molecule has 0 fully saturated rings. The van der Waals surface area contributed by atoms with Gasteiger partial charge in [-0.15, -0.1) is 0 Å². The first kappa shape index (κ1) is 15.0. The summed E-state index contributed by atoms with van der Waals surface area (Å²) in [6.45, 7) is 4.53. The van der Waals surface area contributed by atoms with E-state index in [1.165, 1.54) is 11.6 Å². The minimum atomic E-state index is -0.384. The first-order chi connectivity index (χ1) is 9.82. The molecule has 0 radical (unpaired) electrons. The Morgan fingerprint density at radius 3 is 2.62 bits per heavy atom. The molecule has 2 rings (SSSR count). The number of nitrogens with zero attached hydrogens (tertiary/aromatic N) is 4. The molecule has 0 unspecified atom stereocenters. The Bertz CT molecular complexity index is 808. The van der Waals surface area contributed by atoms with Crippen LogP contribution in [0.4, 0.5) is 0 Å². The fourth-order valence-electron chi connectivity index (χ4n) is 2.25. The standard InChI is InChI=1S/C13H20N6O2/c1-8(2)16-9(14)5-6-19-7-15-11-10(19)12(20)18(4)13(21)17(11)3/h7-8H,5-6H2,1-4H3,(H2,14,16)/p+1. The molecule has 0 aromatic carbocycles. The Kier molecular flexibility index (Phi) is 3.97. The monoisotopic (exact) mass is 293 g/mol. The normalized spacial score (nSPS) is 12.5. The molecule has 0 bridgehead atoms. The second kappa shape index (κ2) is 5.55.